The Morgan fingerprint density at radius 1 is 1.00 bits per heavy atom. The SMILES string of the molecule is COc1ccc(C)cc1OCc1sc(-c2ccc(C(F)(F)F)cc2)nc1C. The molecule has 1 aromatic heterocycles. The lowest BCUT2D eigenvalue weighted by molar-refractivity contribution is -0.137. The van der Waals surface area contributed by atoms with Crippen LogP contribution in [-0.2, 0) is 12.8 Å². The molecule has 0 fully saturated rings. The van der Waals surface area contributed by atoms with Crippen LogP contribution in [0.1, 0.15) is 21.7 Å². The molecule has 0 N–H and O–H groups in total. The molecule has 0 spiro atoms. The van der Waals surface area contributed by atoms with Crippen LogP contribution in [-0.4, -0.2) is 12.1 Å². The molecular weight excluding hydrogens is 375 g/mol. The largest absolute Gasteiger partial charge is 0.493 e. The van der Waals surface area contributed by atoms with Crippen molar-refractivity contribution in [1.82, 2.24) is 4.98 Å². The van der Waals surface area contributed by atoms with E-state index in [0.29, 0.717) is 28.7 Å². The summed E-state index contributed by atoms with van der Waals surface area (Å²) >= 11 is 1.40. The summed E-state index contributed by atoms with van der Waals surface area (Å²) < 4.78 is 49.3. The summed E-state index contributed by atoms with van der Waals surface area (Å²) in [6, 6.07) is 10.7. The average Bonchev–Trinajstić information content (AvgIpc) is 3.00. The number of nitrogens with zero attached hydrogens (tertiary/aromatic N) is 1. The van der Waals surface area contributed by atoms with Crippen LogP contribution in [0, 0.1) is 13.8 Å². The third-order valence-corrected chi connectivity index (χ3v) is 5.21. The monoisotopic (exact) mass is 393 g/mol. The van der Waals surface area contributed by atoms with Crippen molar-refractivity contribution in [3.63, 3.8) is 0 Å². The third-order valence-electron chi connectivity index (χ3n) is 4.03. The predicted octanol–water partition coefficient (Wildman–Crippen LogP) is 6.03. The number of aryl methyl sites for hydroxylation is 2. The molecule has 0 aliphatic carbocycles. The second-order valence-corrected chi connectivity index (χ2v) is 7.13. The van der Waals surface area contributed by atoms with E-state index in [-0.39, 0.29) is 0 Å². The molecule has 3 rings (SSSR count). The number of aromatic nitrogens is 1. The zero-order chi connectivity index (χ0) is 19.6. The third kappa shape index (κ3) is 4.42. The Hall–Kier alpha value is -2.54. The summed E-state index contributed by atoms with van der Waals surface area (Å²) in [7, 11) is 1.58. The fourth-order valence-corrected chi connectivity index (χ4v) is 3.51. The summed E-state index contributed by atoms with van der Waals surface area (Å²) in [5.74, 6) is 1.28. The van der Waals surface area contributed by atoms with Crippen LogP contribution in [0.2, 0.25) is 0 Å². The molecule has 0 aliphatic rings. The number of halogens is 3. The maximum absolute atomic E-state index is 12.7. The number of rotatable bonds is 5. The molecule has 142 valence electrons. The van der Waals surface area contributed by atoms with Crippen molar-refractivity contribution in [3.8, 4) is 22.1 Å². The van der Waals surface area contributed by atoms with Gasteiger partial charge in [-0.05, 0) is 43.7 Å². The van der Waals surface area contributed by atoms with Crippen molar-refractivity contribution in [2.45, 2.75) is 26.6 Å². The fourth-order valence-electron chi connectivity index (χ4n) is 2.53. The number of hydrogen-bond donors (Lipinski definition) is 0. The van der Waals surface area contributed by atoms with E-state index in [4.69, 9.17) is 9.47 Å². The molecular formula is C20H18F3NO2S. The highest BCUT2D eigenvalue weighted by molar-refractivity contribution is 7.15. The van der Waals surface area contributed by atoms with Crippen LogP contribution in [0.5, 0.6) is 11.5 Å². The first-order chi connectivity index (χ1) is 12.8. The van der Waals surface area contributed by atoms with E-state index < -0.39 is 11.7 Å². The summed E-state index contributed by atoms with van der Waals surface area (Å²) in [6.07, 6.45) is -4.34. The minimum atomic E-state index is -4.34. The van der Waals surface area contributed by atoms with Crippen LogP contribution in [0.4, 0.5) is 13.2 Å². The molecule has 0 unspecified atom stereocenters. The summed E-state index contributed by atoms with van der Waals surface area (Å²) in [6.45, 7) is 4.13. The first-order valence-electron chi connectivity index (χ1n) is 8.19. The van der Waals surface area contributed by atoms with Gasteiger partial charge < -0.3 is 9.47 Å². The average molecular weight is 393 g/mol. The first kappa shape index (κ1) is 19.2. The number of ether oxygens (including phenoxy) is 2. The van der Waals surface area contributed by atoms with Crippen molar-refractivity contribution in [2.75, 3.05) is 7.11 Å². The second kappa shape index (κ2) is 7.60. The van der Waals surface area contributed by atoms with Gasteiger partial charge in [-0.2, -0.15) is 13.2 Å². The normalized spacial score (nSPS) is 11.5. The number of hydrogen-bond acceptors (Lipinski definition) is 4. The van der Waals surface area contributed by atoms with Gasteiger partial charge in [0, 0.05) is 5.56 Å². The Kier molecular flexibility index (Phi) is 5.41. The molecule has 0 radical (unpaired) electrons. The first-order valence-corrected chi connectivity index (χ1v) is 9.01. The van der Waals surface area contributed by atoms with E-state index in [2.05, 4.69) is 4.98 Å². The van der Waals surface area contributed by atoms with Crippen molar-refractivity contribution in [1.29, 1.82) is 0 Å². The predicted molar refractivity (Wildman–Crippen MR) is 99.4 cm³/mol. The van der Waals surface area contributed by atoms with Gasteiger partial charge in [-0.1, -0.05) is 18.2 Å². The maximum atomic E-state index is 12.7. The van der Waals surface area contributed by atoms with Gasteiger partial charge in [0.15, 0.2) is 11.5 Å². The summed E-state index contributed by atoms with van der Waals surface area (Å²) in [5.41, 5.74) is 1.82. The summed E-state index contributed by atoms with van der Waals surface area (Å²) in [4.78, 5) is 5.38. The number of thiazole rings is 1. The summed E-state index contributed by atoms with van der Waals surface area (Å²) in [5, 5.41) is 0.663. The minimum Gasteiger partial charge on any atom is -0.493 e. The molecule has 7 heteroatoms. The Labute approximate surface area is 159 Å². The zero-order valence-electron chi connectivity index (χ0n) is 15.1. The molecule has 0 bridgehead atoms. The number of alkyl halides is 3. The maximum Gasteiger partial charge on any atom is 0.416 e. The number of benzene rings is 2. The van der Waals surface area contributed by atoms with Crippen LogP contribution in [0.15, 0.2) is 42.5 Å². The van der Waals surface area contributed by atoms with Gasteiger partial charge in [0.05, 0.1) is 23.2 Å². The van der Waals surface area contributed by atoms with Crippen LogP contribution >= 0.6 is 11.3 Å². The van der Waals surface area contributed by atoms with Crippen molar-refractivity contribution < 1.29 is 22.6 Å². The fraction of sp³-hybridized carbons (Fsp3) is 0.250. The van der Waals surface area contributed by atoms with E-state index in [1.54, 1.807) is 7.11 Å². The van der Waals surface area contributed by atoms with Gasteiger partial charge in [-0.3, -0.25) is 0 Å². The second-order valence-electron chi connectivity index (χ2n) is 6.05. The van der Waals surface area contributed by atoms with Gasteiger partial charge in [-0.15, -0.1) is 11.3 Å². The zero-order valence-corrected chi connectivity index (χ0v) is 15.9. The van der Waals surface area contributed by atoms with Gasteiger partial charge in [0.25, 0.3) is 0 Å². The van der Waals surface area contributed by atoms with Crippen molar-refractivity contribution >= 4 is 11.3 Å². The van der Waals surface area contributed by atoms with Crippen LogP contribution < -0.4 is 9.47 Å². The molecule has 1 heterocycles. The van der Waals surface area contributed by atoms with E-state index in [1.807, 2.05) is 32.0 Å². The van der Waals surface area contributed by atoms with Gasteiger partial charge in [0.1, 0.15) is 11.6 Å². The van der Waals surface area contributed by atoms with Crippen molar-refractivity contribution in [2.24, 2.45) is 0 Å². The molecule has 0 aliphatic heterocycles. The Morgan fingerprint density at radius 2 is 1.70 bits per heavy atom. The molecule has 2 aromatic carbocycles. The van der Waals surface area contributed by atoms with Crippen LogP contribution in [0.3, 0.4) is 0 Å². The van der Waals surface area contributed by atoms with E-state index in [0.717, 1.165) is 28.3 Å². The Morgan fingerprint density at radius 3 is 2.33 bits per heavy atom. The molecule has 0 atom stereocenters. The molecule has 3 aromatic rings. The lowest BCUT2D eigenvalue weighted by Gasteiger charge is -2.10. The van der Waals surface area contributed by atoms with E-state index >= 15 is 0 Å². The molecule has 0 amide bonds. The van der Waals surface area contributed by atoms with Gasteiger partial charge in [0.2, 0.25) is 0 Å². The quantitative estimate of drug-likeness (QED) is 0.530. The van der Waals surface area contributed by atoms with Crippen LogP contribution in [0.25, 0.3) is 10.6 Å². The Bertz CT molecular complexity index is 933. The standard InChI is InChI=1S/C20H18F3NO2S/c1-12-4-9-16(25-3)17(10-12)26-11-18-13(2)24-19(27-18)14-5-7-15(8-6-14)20(21,22)23/h4-10H,11H2,1-3H3. The molecule has 0 saturated heterocycles. The lowest BCUT2D eigenvalue weighted by Crippen LogP contribution is -2.03. The van der Waals surface area contributed by atoms with Crippen molar-refractivity contribution in [3.05, 3.63) is 64.2 Å². The smallest absolute Gasteiger partial charge is 0.416 e. The van der Waals surface area contributed by atoms with Gasteiger partial charge >= 0.3 is 6.18 Å². The highest BCUT2D eigenvalue weighted by atomic mass is 32.1. The highest BCUT2D eigenvalue weighted by Gasteiger charge is 2.30. The molecule has 27 heavy (non-hydrogen) atoms. The van der Waals surface area contributed by atoms with E-state index in [1.165, 1.54) is 23.5 Å². The molecule has 0 saturated carbocycles. The molecule has 3 nitrogen and oxygen atoms in total. The highest BCUT2D eigenvalue weighted by Crippen LogP contribution is 2.34. The topological polar surface area (TPSA) is 31.4 Å². The van der Waals surface area contributed by atoms with E-state index in [9.17, 15) is 13.2 Å². The van der Waals surface area contributed by atoms with Gasteiger partial charge in [-0.25, -0.2) is 4.98 Å². The lowest BCUT2D eigenvalue weighted by atomic mass is 10.1. The number of methoxy groups -OCH3 is 1. The minimum absolute atomic E-state index is 0.309. The Balaban J connectivity index is 1.78.